The summed E-state index contributed by atoms with van der Waals surface area (Å²) in [6, 6.07) is 2.64. The van der Waals surface area contributed by atoms with Crippen molar-refractivity contribution in [3.05, 3.63) is 60.9 Å². The third-order valence-corrected chi connectivity index (χ3v) is 2.85. The summed E-state index contributed by atoms with van der Waals surface area (Å²) in [6.07, 6.45) is 3.26. The van der Waals surface area contributed by atoms with Gasteiger partial charge in [0.15, 0.2) is 11.5 Å². The summed E-state index contributed by atoms with van der Waals surface area (Å²) < 4.78 is 9.92. The molecule has 0 saturated carbocycles. The number of hydrogen-bond acceptors (Lipinski definition) is 10. The third-order valence-electron chi connectivity index (χ3n) is 2.85. The summed E-state index contributed by atoms with van der Waals surface area (Å²) in [5.74, 6) is 0.156. The predicted molar refractivity (Wildman–Crippen MR) is 85.4 cm³/mol. The molecular formula is C13H12N4O9. The van der Waals surface area contributed by atoms with Crippen LogP contribution in [0.25, 0.3) is 0 Å². The molecule has 1 heterocycles. The van der Waals surface area contributed by atoms with Gasteiger partial charge < -0.3 is 14.6 Å². The number of hydrogen-bond donors (Lipinski definition) is 1. The van der Waals surface area contributed by atoms with Gasteiger partial charge in [0.1, 0.15) is 0 Å². The van der Waals surface area contributed by atoms with Crippen molar-refractivity contribution in [3.8, 4) is 17.2 Å². The number of phenols is 1. The van der Waals surface area contributed by atoms with Gasteiger partial charge in [-0.15, -0.1) is 0 Å². The van der Waals surface area contributed by atoms with Crippen LogP contribution in [0.2, 0.25) is 0 Å². The molecule has 138 valence electrons. The molecule has 0 unspecified atom stereocenters. The van der Waals surface area contributed by atoms with Crippen molar-refractivity contribution in [2.75, 3.05) is 14.2 Å². The Bertz CT molecular complexity index is 782. The van der Waals surface area contributed by atoms with E-state index < -0.39 is 37.6 Å². The van der Waals surface area contributed by atoms with E-state index in [-0.39, 0.29) is 0 Å². The minimum atomic E-state index is -1.21. The predicted octanol–water partition coefficient (Wildman–Crippen LogP) is 2.22. The van der Waals surface area contributed by atoms with Gasteiger partial charge in [-0.2, -0.15) is 0 Å². The van der Waals surface area contributed by atoms with Crippen molar-refractivity contribution in [1.82, 2.24) is 4.98 Å². The van der Waals surface area contributed by atoms with Gasteiger partial charge in [0.05, 0.1) is 47.3 Å². The molecule has 0 aliphatic rings. The average Bonchev–Trinajstić information content (AvgIpc) is 2.61. The summed E-state index contributed by atoms with van der Waals surface area (Å²) >= 11 is 0. The quantitative estimate of drug-likeness (QED) is 0.606. The first kappa shape index (κ1) is 20.0. The van der Waals surface area contributed by atoms with Crippen LogP contribution in [0, 0.1) is 30.3 Å². The number of pyridine rings is 1. The monoisotopic (exact) mass is 368 g/mol. The average molecular weight is 368 g/mol. The molecule has 13 heteroatoms. The zero-order valence-corrected chi connectivity index (χ0v) is 13.4. The summed E-state index contributed by atoms with van der Waals surface area (Å²) in [4.78, 5) is 31.6. The Morgan fingerprint density at radius 2 is 1.42 bits per heavy atom. The number of phenolic OH excluding ortho intramolecular Hbond substituents is 1. The first-order valence-electron chi connectivity index (χ1n) is 6.55. The van der Waals surface area contributed by atoms with Crippen molar-refractivity contribution in [1.29, 1.82) is 0 Å². The fourth-order valence-electron chi connectivity index (χ4n) is 1.66. The Morgan fingerprint density at radius 3 is 1.77 bits per heavy atom. The second-order valence-corrected chi connectivity index (χ2v) is 4.33. The van der Waals surface area contributed by atoms with Crippen LogP contribution in [0.15, 0.2) is 30.6 Å². The maximum absolute atomic E-state index is 10.4. The van der Waals surface area contributed by atoms with E-state index in [4.69, 9.17) is 14.6 Å². The fraction of sp³-hybridized carbons (Fsp3) is 0.154. The number of nitro benzene ring substituents is 3. The number of rotatable bonds is 5. The molecule has 26 heavy (non-hydrogen) atoms. The van der Waals surface area contributed by atoms with Gasteiger partial charge in [-0.05, 0) is 0 Å². The number of benzene rings is 1. The maximum atomic E-state index is 10.4. The van der Waals surface area contributed by atoms with Gasteiger partial charge in [-0.1, -0.05) is 0 Å². The van der Waals surface area contributed by atoms with Gasteiger partial charge in [-0.25, -0.2) is 0 Å². The number of non-ortho nitro benzene ring substituents is 1. The molecule has 0 bridgehead atoms. The highest BCUT2D eigenvalue weighted by Gasteiger charge is 2.30. The summed E-state index contributed by atoms with van der Waals surface area (Å²) in [6.45, 7) is 0. The van der Waals surface area contributed by atoms with Crippen molar-refractivity contribution < 1.29 is 29.4 Å². The van der Waals surface area contributed by atoms with Crippen molar-refractivity contribution >= 4 is 17.1 Å². The molecule has 1 aromatic carbocycles. The molecule has 2 aromatic rings. The molecule has 0 saturated heterocycles. The second kappa shape index (κ2) is 8.72. The van der Waals surface area contributed by atoms with Crippen molar-refractivity contribution in [3.63, 3.8) is 0 Å². The molecule has 1 aromatic heterocycles. The van der Waals surface area contributed by atoms with Gasteiger partial charge in [0.25, 0.3) is 11.4 Å². The maximum Gasteiger partial charge on any atom is 0.324 e. The van der Waals surface area contributed by atoms with Crippen LogP contribution in [0.1, 0.15) is 0 Å². The normalized spacial score (nSPS) is 9.46. The molecular weight excluding hydrogens is 356 g/mol. The summed E-state index contributed by atoms with van der Waals surface area (Å²) in [5.41, 5.74) is -3.00. The number of aromatic hydroxyl groups is 1. The van der Waals surface area contributed by atoms with E-state index in [1.54, 1.807) is 32.7 Å². The molecule has 0 spiro atoms. The molecule has 2 rings (SSSR count). The summed E-state index contributed by atoms with van der Waals surface area (Å²) in [5, 5.41) is 40.2. The van der Waals surface area contributed by atoms with Crippen LogP contribution in [0.3, 0.4) is 0 Å². The van der Waals surface area contributed by atoms with Crippen LogP contribution in [0.4, 0.5) is 17.1 Å². The van der Waals surface area contributed by atoms with E-state index in [0.29, 0.717) is 23.6 Å². The van der Waals surface area contributed by atoms with E-state index in [2.05, 4.69) is 4.98 Å². The SMILES string of the molecule is COc1ccncc1OC.O=[N+]([O-])c1cc([N+](=O)[O-])c(O)c([N+](=O)[O-])c1. The van der Waals surface area contributed by atoms with E-state index in [1.165, 1.54) is 0 Å². The molecule has 13 nitrogen and oxygen atoms in total. The lowest BCUT2D eigenvalue weighted by atomic mass is 10.2. The van der Waals surface area contributed by atoms with E-state index in [0.717, 1.165) is 0 Å². The van der Waals surface area contributed by atoms with Crippen LogP contribution < -0.4 is 9.47 Å². The molecule has 0 amide bonds. The van der Waals surface area contributed by atoms with Crippen LogP contribution in [0.5, 0.6) is 17.2 Å². The molecule has 0 radical (unpaired) electrons. The minimum absolute atomic E-state index is 0.447. The second-order valence-electron chi connectivity index (χ2n) is 4.33. The smallest absolute Gasteiger partial charge is 0.324 e. The van der Waals surface area contributed by atoms with Crippen molar-refractivity contribution in [2.45, 2.75) is 0 Å². The fourth-order valence-corrected chi connectivity index (χ4v) is 1.66. The Balaban J connectivity index is 0.000000289. The van der Waals surface area contributed by atoms with Gasteiger partial charge >= 0.3 is 11.4 Å². The number of methoxy groups -OCH3 is 2. The highest BCUT2D eigenvalue weighted by molar-refractivity contribution is 5.64. The van der Waals surface area contributed by atoms with Crippen LogP contribution in [-0.4, -0.2) is 39.1 Å². The van der Waals surface area contributed by atoms with Crippen LogP contribution >= 0.6 is 0 Å². The Hall–Kier alpha value is -4.03. The third kappa shape index (κ3) is 4.73. The zero-order chi connectivity index (χ0) is 19.9. The lowest BCUT2D eigenvalue weighted by Gasteiger charge is -2.03. The Labute approximate surface area is 144 Å². The van der Waals surface area contributed by atoms with Gasteiger partial charge in [0.2, 0.25) is 0 Å². The lowest BCUT2D eigenvalue weighted by molar-refractivity contribution is -0.404. The minimum Gasteiger partial charge on any atom is -0.497 e. The number of aromatic nitrogens is 1. The first-order chi connectivity index (χ1) is 12.2. The van der Waals surface area contributed by atoms with E-state index in [9.17, 15) is 30.3 Å². The van der Waals surface area contributed by atoms with E-state index in [1.807, 2.05) is 0 Å². The molecule has 0 atom stereocenters. The van der Waals surface area contributed by atoms with Gasteiger partial charge in [0, 0.05) is 12.3 Å². The summed E-state index contributed by atoms with van der Waals surface area (Å²) in [7, 11) is 3.18. The van der Waals surface area contributed by atoms with Crippen LogP contribution in [-0.2, 0) is 0 Å². The number of nitrogens with zero attached hydrogens (tertiary/aromatic N) is 4. The zero-order valence-electron chi connectivity index (χ0n) is 13.4. The standard InChI is InChI=1S/C7H9NO2.C6H3N3O7/c1-9-6-3-4-8-5-7(6)10-2;10-6-4(8(13)14)1-3(7(11)12)2-5(6)9(15)16/h3-5H,1-2H3;1-2,10H. The Kier molecular flexibility index (Phi) is 6.71. The first-order valence-corrected chi connectivity index (χ1v) is 6.55. The van der Waals surface area contributed by atoms with Crippen molar-refractivity contribution in [2.24, 2.45) is 0 Å². The van der Waals surface area contributed by atoms with Gasteiger partial charge in [-0.3, -0.25) is 35.3 Å². The molecule has 1 N–H and O–H groups in total. The number of nitro groups is 3. The lowest BCUT2D eigenvalue weighted by Crippen LogP contribution is -1.97. The topological polar surface area (TPSA) is 181 Å². The molecule has 0 aliphatic heterocycles. The molecule has 0 aliphatic carbocycles. The largest absolute Gasteiger partial charge is 0.497 e. The highest BCUT2D eigenvalue weighted by Crippen LogP contribution is 2.38. The number of ether oxygens (including phenoxy) is 2. The highest BCUT2D eigenvalue weighted by atomic mass is 16.6. The Morgan fingerprint density at radius 1 is 0.923 bits per heavy atom. The van der Waals surface area contributed by atoms with E-state index >= 15 is 0 Å². The molecule has 0 fully saturated rings.